The number of carboxylic acids is 1. The number of nitro groups is 1. The molecule has 0 saturated heterocycles. The fraction of sp³-hybridized carbons (Fsp3) is 0.111. The Hall–Kier alpha value is -3.40. The molecule has 2 rings (SSSR count). The van der Waals surface area contributed by atoms with Crippen molar-refractivity contribution >= 4 is 29.5 Å². The Kier molecular flexibility index (Phi) is 6.28. The van der Waals surface area contributed by atoms with E-state index in [4.69, 9.17) is 16.3 Å². The van der Waals surface area contributed by atoms with Crippen molar-refractivity contribution in [3.63, 3.8) is 0 Å². The van der Waals surface area contributed by atoms with Crippen molar-refractivity contribution in [1.29, 1.82) is 0 Å². The number of benzene rings is 2. The van der Waals surface area contributed by atoms with Crippen LogP contribution in [-0.4, -0.2) is 22.3 Å². The normalized spacial score (nSPS) is 12.1. The fourth-order valence-electron chi connectivity index (χ4n) is 2.45. The lowest BCUT2D eigenvalue weighted by atomic mass is 9.95. The number of ether oxygens (including phenoxy) is 1. The molecule has 0 radical (unpaired) electrons. The monoisotopic (exact) mass is 429 g/mol. The number of allylic oxidation sites excluding steroid dienone is 1. The van der Waals surface area contributed by atoms with Gasteiger partial charge in [0.25, 0.3) is 5.69 Å². The maximum absolute atomic E-state index is 12.7. The number of carbonyl (C=O) groups excluding carboxylic acids is 1. The molecule has 0 heterocycles. The van der Waals surface area contributed by atoms with Gasteiger partial charge in [-0.05, 0) is 24.3 Å². The van der Waals surface area contributed by atoms with E-state index in [1.807, 2.05) is 0 Å². The van der Waals surface area contributed by atoms with Crippen LogP contribution in [0.1, 0.15) is 27.4 Å². The number of nitro benzene ring substituents is 1. The third kappa shape index (κ3) is 4.72. The van der Waals surface area contributed by atoms with Gasteiger partial charge in [-0.2, -0.15) is 13.2 Å². The first-order valence-corrected chi connectivity index (χ1v) is 8.05. The molecule has 0 aliphatic heterocycles. The third-order valence-electron chi connectivity index (χ3n) is 3.77. The van der Waals surface area contributed by atoms with Gasteiger partial charge in [-0.1, -0.05) is 17.7 Å². The van der Waals surface area contributed by atoms with Crippen LogP contribution < -0.4 is 4.74 Å². The Morgan fingerprint density at radius 1 is 1.31 bits per heavy atom. The van der Waals surface area contributed by atoms with Crippen LogP contribution in [0.15, 0.2) is 43.0 Å². The average Bonchev–Trinajstić information content (AvgIpc) is 2.62. The lowest BCUT2D eigenvalue weighted by Gasteiger charge is -2.14. The number of aldehydes is 1. The predicted octanol–water partition coefficient (Wildman–Crippen LogP) is 5.23. The van der Waals surface area contributed by atoms with Crippen molar-refractivity contribution in [3.8, 4) is 11.5 Å². The summed E-state index contributed by atoms with van der Waals surface area (Å²) in [5, 5.41) is 20.3. The molecule has 0 fully saturated rings. The molecule has 29 heavy (non-hydrogen) atoms. The van der Waals surface area contributed by atoms with E-state index in [0.29, 0.717) is 18.4 Å². The van der Waals surface area contributed by atoms with Crippen LogP contribution in [0.2, 0.25) is 5.02 Å². The molecule has 0 aliphatic carbocycles. The largest absolute Gasteiger partial charge is 0.477 e. The summed E-state index contributed by atoms with van der Waals surface area (Å²) in [7, 11) is 0. The number of rotatable bonds is 7. The Morgan fingerprint density at radius 3 is 2.41 bits per heavy atom. The zero-order chi connectivity index (χ0) is 21.9. The molecule has 0 aromatic heterocycles. The number of nitrogens with zero attached hydrogens (tertiary/aromatic N) is 1. The maximum Gasteiger partial charge on any atom is 0.416 e. The lowest BCUT2D eigenvalue weighted by Crippen LogP contribution is -2.09. The molecule has 1 unspecified atom stereocenters. The molecule has 152 valence electrons. The number of hydrogen-bond acceptors (Lipinski definition) is 5. The van der Waals surface area contributed by atoms with Gasteiger partial charge in [0, 0.05) is 11.6 Å². The molecule has 11 heteroatoms. The quantitative estimate of drug-likeness (QED) is 0.279. The van der Waals surface area contributed by atoms with E-state index in [-0.39, 0.29) is 17.1 Å². The number of carboxylic acid groups (broad SMARTS) is 1. The Bertz CT molecular complexity index is 998. The van der Waals surface area contributed by atoms with Crippen molar-refractivity contribution in [2.45, 2.75) is 12.1 Å². The van der Waals surface area contributed by atoms with Crippen molar-refractivity contribution in [2.24, 2.45) is 0 Å². The molecule has 2 aromatic rings. The first kappa shape index (κ1) is 21.9. The molecule has 1 N–H and O–H groups in total. The topological polar surface area (TPSA) is 107 Å². The van der Waals surface area contributed by atoms with E-state index in [1.54, 1.807) is 0 Å². The summed E-state index contributed by atoms with van der Waals surface area (Å²) in [5.74, 6) is -3.42. The number of alkyl halides is 3. The molecule has 0 spiro atoms. The first-order chi connectivity index (χ1) is 13.5. The van der Waals surface area contributed by atoms with Gasteiger partial charge in [0.15, 0.2) is 0 Å². The molecule has 0 amide bonds. The third-order valence-corrected chi connectivity index (χ3v) is 4.07. The summed E-state index contributed by atoms with van der Waals surface area (Å²) in [5.41, 5.74) is -2.95. The van der Waals surface area contributed by atoms with Crippen molar-refractivity contribution in [3.05, 3.63) is 74.8 Å². The lowest BCUT2D eigenvalue weighted by molar-refractivity contribution is -0.385. The second-order valence-corrected chi connectivity index (χ2v) is 6.02. The van der Waals surface area contributed by atoms with Crippen LogP contribution in [0.25, 0.3) is 0 Å². The number of halogens is 4. The molecule has 2 aromatic carbocycles. The van der Waals surface area contributed by atoms with Crippen LogP contribution in [0.3, 0.4) is 0 Å². The second kappa shape index (κ2) is 8.31. The summed E-state index contributed by atoms with van der Waals surface area (Å²) in [6.45, 7) is 3.37. The molecular weight excluding hydrogens is 419 g/mol. The number of carbonyl (C=O) groups is 2. The summed E-state index contributed by atoms with van der Waals surface area (Å²) >= 11 is 5.80. The van der Waals surface area contributed by atoms with Crippen LogP contribution in [-0.2, 0) is 11.0 Å². The number of aromatic carboxylic acids is 1. The van der Waals surface area contributed by atoms with Crippen molar-refractivity contribution < 1.29 is 37.5 Å². The van der Waals surface area contributed by atoms with Crippen molar-refractivity contribution in [1.82, 2.24) is 0 Å². The van der Waals surface area contributed by atoms with Crippen LogP contribution in [0, 0.1) is 10.1 Å². The van der Waals surface area contributed by atoms with Gasteiger partial charge in [-0.15, -0.1) is 6.58 Å². The highest BCUT2D eigenvalue weighted by Crippen LogP contribution is 2.39. The van der Waals surface area contributed by atoms with E-state index in [0.717, 1.165) is 24.3 Å². The van der Waals surface area contributed by atoms with Gasteiger partial charge in [0.2, 0.25) is 0 Å². The van der Waals surface area contributed by atoms with Gasteiger partial charge < -0.3 is 14.6 Å². The minimum Gasteiger partial charge on any atom is -0.477 e. The maximum atomic E-state index is 12.7. The van der Waals surface area contributed by atoms with Crippen LogP contribution >= 0.6 is 11.6 Å². The van der Waals surface area contributed by atoms with Gasteiger partial charge >= 0.3 is 12.1 Å². The zero-order valence-corrected chi connectivity index (χ0v) is 15.0. The molecule has 0 bridgehead atoms. The molecule has 1 atom stereocenters. The predicted molar refractivity (Wildman–Crippen MR) is 95.6 cm³/mol. The Morgan fingerprint density at radius 2 is 1.97 bits per heavy atom. The van der Waals surface area contributed by atoms with E-state index in [1.165, 1.54) is 0 Å². The summed E-state index contributed by atoms with van der Waals surface area (Å²) < 4.78 is 43.6. The summed E-state index contributed by atoms with van der Waals surface area (Å²) in [6.07, 6.45) is -3.26. The number of hydrogen-bond donors (Lipinski definition) is 1. The highest BCUT2D eigenvalue weighted by Gasteiger charge is 2.32. The Labute approximate surface area is 166 Å². The highest BCUT2D eigenvalue weighted by atomic mass is 35.5. The molecule has 7 nitrogen and oxygen atoms in total. The van der Waals surface area contributed by atoms with Crippen molar-refractivity contribution in [2.75, 3.05) is 0 Å². The van der Waals surface area contributed by atoms with E-state index >= 15 is 0 Å². The highest BCUT2D eigenvalue weighted by molar-refractivity contribution is 6.32. The van der Waals surface area contributed by atoms with E-state index in [9.17, 15) is 38.0 Å². The smallest absolute Gasteiger partial charge is 0.416 e. The van der Waals surface area contributed by atoms with Gasteiger partial charge in [-0.3, -0.25) is 10.1 Å². The summed E-state index contributed by atoms with van der Waals surface area (Å²) in [6, 6.07) is 4.06. The standard InChI is InChI=1S/C18H11ClF3NO6/c1-2-9(8-24)12-6-11(7-13(17(25)26)16(12)23(27)28)29-15-4-3-10(5-14(15)19)18(20,21)22/h2-9H,1H2,(H,25,26). The second-order valence-electron chi connectivity index (χ2n) is 5.61. The van der Waals surface area contributed by atoms with Crippen LogP contribution in [0.4, 0.5) is 18.9 Å². The van der Waals surface area contributed by atoms with Gasteiger partial charge in [-0.25, -0.2) is 4.79 Å². The fourth-order valence-corrected chi connectivity index (χ4v) is 2.67. The van der Waals surface area contributed by atoms with Gasteiger partial charge in [0.1, 0.15) is 23.3 Å². The SMILES string of the molecule is C=CC(C=O)c1cc(Oc2ccc(C(F)(F)F)cc2Cl)cc(C(=O)O)c1[N+](=O)[O-]. The molecular formula is C18H11ClF3NO6. The average molecular weight is 430 g/mol. The van der Waals surface area contributed by atoms with E-state index < -0.39 is 44.8 Å². The molecule has 0 saturated carbocycles. The first-order valence-electron chi connectivity index (χ1n) is 7.67. The summed E-state index contributed by atoms with van der Waals surface area (Å²) in [4.78, 5) is 33.1. The van der Waals surface area contributed by atoms with E-state index in [2.05, 4.69) is 6.58 Å². The van der Waals surface area contributed by atoms with Crippen LogP contribution in [0.5, 0.6) is 11.5 Å². The zero-order valence-electron chi connectivity index (χ0n) is 14.3. The van der Waals surface area contributed by atoms with Gasteiger partial charge in [0.05, 0.1) is 21.4 Å². The Balaban J connectivity index is 2.62. The molecule has 0 aliphatic rings. The minimum atomic E-state index is -4.64. The minimum absolute atomic E-state index is 0.253.